The number of carbonyl (C=O) groups excluding carboxylic acids is 2. The molecule has 6 heteroatoms. The van der Waals surface area contributed by atoms with Crippen molar-refractivity contribution >= 4 is 40.1 Å². The quantitative estimate of drug-likeness (QED) is 0.461. The maximum atomic E-state index is 12.7. The van der Waals surface area contributed by atoms with Crippen LogP contribution in [-0.2, 0) is 14.3 Å². The van der Waals surface area contributed by atoms with Gasteiger partial charge in [0.05, 0.1) is 30.2 Å². The van der Waals surface area contributed by atoms with E-state index in [-0.39, 0.29) is 18.4 Å². The minimum atomic E-state index is -1.03. The molecular formula is C15H12INO4. The Bertz CT molecular complexity index is 688. The van der Waals surface area contributed by atoms with Gasteiger partial charge in [0.25, 0.3) is 0 Å². The van der Waals surface area contributed by atoms with Crippen LogP contribution in [0.3, 0.4) is 0 Å². The third kappa shape index (κ3) is 1.63. The molecule has 2 fully saturated rings. The Balaban J connectivity index is 1.79. The van der Waals surface area contributed by atoms with E-state index in [0.717, 1.165) is 3.57 Å². The van der Waals surface area contributed by atoms with Gasteiger partial charge < -0.3 is 9.84 Å². The molecular weight excluding hydrogens is 385 g/mol. The van der Waals surface area contributed by atoms with E-state index in [1.54, 1.807) is 24.3 Å². The maximum absolute atomic E-state index is 12.7. The van der Waals surface area contributed by atoms with Gasteiger partial charge in [0.15, 0.2) is 0 Å². The highest BCUT2D eigenvalue weighted by Crippen LogP contribution is 2.52. The standard InChI is InChI=1S/C15H12INO4/c16-8-2-1-3-9(6-8)17-13(19)11-10-4-5-15(7-18,21-10)12(11)14(17)20/h1-6,10-12,18H,7H2/t10-,11+,12-,15+/m1/s1. The molecule has 5 nitrogen and oxygen atoms in total. The zero-order valence-corrected chi connectivity index (χ0v) is 13.1. The van der Waals surface area contributed by atoms with Crippen molar-refractivity contribution in [2.45, 2.75) is 11.7 Å². The lowest BCUT2D eigenvalue weighted by Crippen LogP contribution is -2.43. The molecule has 0 unspecified atom stereocenters. The monoisotopic (exact) mass is 397 g/mol. The third-order valence-electron chi connectivity index (χ3n) is 4.47. The lowest BCUT2D eigenvalue weighted by atomic mass is 9.77. The van der Waals surface area contributed by atoms with Crippen LogP contribution >= 0.6 is 22.6 Å². The number of imide groups is 1. The Morgan fingerprint density at radius 2 is 2.14 bits per heavy atom. The van der Waals surface area contributed by atoms with Crippen molar-refractivity contribution in [3.05, 3.63) is 40.0 Å². The number of benzene rings is 1. The summed E-state index contributed by atoms with van der Waals surface area (Å²) in [5.41, 5.74) is -0.447. The minimum absolute atomic E-state index is 0.239. The van der Waals surface area contributed by atoms with Crippen LogP contribution < -0.4 is 4.90 Å². The van der Waals surface area contributed by atoms with Crippen molar-refractivity contribution in [3.8, 4) is 0 Å². The molecule has 21 heavy (non-hydrogen) atoms. The maximum Gasteiger partial charge on any atom is 0.241 e. The molecule has 108 valence electrons. The zero-order valence-electron chi connectivity index (χ0n) is 10.9. The van der Waals surface area contributed by atoms with Crippen molar-refractivity contribution in [2.24, 2.45) is 11.8 Å². The van der Waals surface area contributed by atoms with E-state index in [9.17, 15) is 14.7 Å². The molecule has 2 saturated heterocycles. The van der Waals surface area contributed by atoms with Crippen molar-refractivity contribution in [1.82, 2.24) is 0 Å². The van der Waals surface area contributed by atoms with Gasteiger partial charge in [-0.1, -0.05) is 18.2 Å². The molecule has 1 aromatic carbocycles. The molecule has 2 amide bonds. The summed E-state index contributed by atoms with van der Waals surface area (Å²) < 4.78 is 6.65. The second-order valence-electron chi connectivity index (χ2n) is 5.55. The minimum Gasteiger partial charge on any atom is -0.393 e. The van der Waals surface area contributed by atoms with Gasteiger partial charge in [0.2, 0.25) is 11.8 Å². The SMILES string of the molecule is O=C1[C@H]2[C@H]3C=C[C@@](CO)(O3)[C@H]2C(=O)N1c1cccc(I)c1. The van der Waals surface area contributed by atoms with Crippen molar-refractivity contribution in [2.75, 3.05) is 11.5 Å². The van der Waals surface area contributed by atoms with E-state index in [4.69, 9.17) is 4.74 Å². The number of nitrogens with zero attached hydrogens (tertiary/aromatic N) is 1. The number of ether oxygens (including phenoxy) is 1. The predicted molar refractivity (Wildman–Crippen MR) is 82.5 cm³/mol. The zero-order chi connectivity index (χ0) is 14.8. The first kappa shape index (κ1) is 13.4. The highest BCUT2D eigenvalue weighted by Gasteiger charge is 2.67. The second-order valence-corrected chi connectivity index (χ2v) is 6.80. The Morgan fingerprint density at radius 3 is 2.86 bits per heavy atom. The Labute approximate surface area is 134 Å². The molecule has 1 N–H and O–H groups in total. The summed E-state index contributed by atoms with van der Waals surface area (Å²) in [5, 5.41) is 9.64. The van der Waals surface area contributed by atoms with Crippen LogP contribution in [0.25, 0.3) is 0 Å². The molecule has 4 rings (SSSR count). The van der Waals surface area contributed by atoms with E-state index >= 15 is 0 Å². The first-order valence-electron chi connectivity index (χ1n) is 6.69. The fourth-order valence-electron chi connectivity index (χ4n) is 3.55. The number of amides is 2. The number of halogens is 1. The number of rotatable bonds is 2. The molecule has 3 aliphatic rings. The van der Waals surface area contributed by atoms with Crippen LogP contribution in [0.15, 0.2) is 36.4 Å². The van der Waals surface area contributed by atoms with Crippen molar-refractivity contribution in [1.29, 1.82) is 0 Å². The first-order valence-corrected chi connectivity index (χ1v) is 7.77. The van der Waals surface area contributed by atoms with Crippen LogP contribution in [0.2, 0.25) is 0 Å². The van der Waals surface area contributed by atoms with Gasteiger partial charge in [-0.05, 0) is 40.8 Å². The summed E-state index contributed by atoms with van der Waals surface area (Å²) >= 11 is 2.14. The van der Waals surface area contributed by atoms with Crippen molar-refractivity contribution < 1.29 is 19.4 Å². The van der Waals surface area contributed by atoms with E-state index in [0.29, 0.717) is 5.69 Å². The van der Waals surface area contributed by atoms with E-state index < -0.39 is 23.5 Å². The van der Waals surface area contributed by atoms with E-state index in [2.05, 4.69) is 22.6 Å². The smallest absolute Gasteiger partial charge is 0.241 e. The molecule has 3 heterocycles. The first-order chi connectivity index (χ1) is 10.1. The van der Waals surface area contributed by atoms with Gasteiger partial charge in [-0.25, -0.2) is 4.90 Å². The Morgan fingerprint density at radius 1 is 1.33 bits per heavy atom. The molecule has 0 radical (unpaired) electrons. The Kier molecular flexibility index (Phi) is 2.79. The largest absolute Gasteiger partial charge is 0.393 e. The average molecular weight is 397 g/mol. The number of aliphatic hydroxyl groups excluding tert-OH is 1. The number of fused-ring (bicyclic) bond motifs is 5. The molecule has 3 aliphatic heterocycles. The van der Waals surface area contributed by atoms with Gasteiger partial charge in [-0.3, -0.25) is 9.59 Å². The molecule has 0 aliphatic carbocycles. The molecule has 0 spiro atoms. The van der Waals surface area contributed by atoms with Gasteiger partial charge in [0.1, 0.15) is 5.60 Å². The third-order valence-corrected chi connectivity index (χ3v) is 5.14. The highest BCUT2D eigenvalue weighted by molar-refractivity contribution is 14.1. The summed E-state index contributed by atoms with van der Waals surface area (Å²) in [6, 6.07) is 7.27. The lowest BCUT2D eigenvalue weighted by molar-refractivity contribution is -0.128. The van der Waals surface area contributed by atoms with Crippen LogP contribution in [0, 0.1) is 15.4 Å². The summed E-state index contributed by atoms with van der Waals surface area (Å²) in [7, 11) is 0. The van der Waals surface area contributed by atoms with Gasteiger partial charge in [0, 0.05) is 3.57 Å². The van der Waals surface area contributed by atoms with Crippen LogP contribution in [0.1, 0.15) is 0 Å². The second kappa shape index (κ2) is 4.37. The molecule has 0 saturated carbocycles. The molecule has 1 aromatic rings. The highest BCUT2D eigenvalue weighted by atomic mass is 127. The van der Waals surface area contributed by atoms with Gasteiger partial charge >= 0.3 is 0 Å². The predicted octanol–water partition coefficient (Wildman–Crippen LogP) is 1.10. The van der Waals surface area contributed by atoms with Crippen LogP contribution in [-0.4, -0.2) is 35.2 Å². The normalized spacial score (nSPS) is 36.7. The average Bonchev–Trinajstić information content (AvgIpc) is 3.10. The number of hydrogen-bond donors (Lipinski definition) is 1. The number of anilines is 1. The summed E-state index contributed by atoms with van der Waals surface area (Å²) in [6.45, 7) is -0.291. The van der Waals surface area contributed by atoms with E-state index in [1.165, 1.54) is 4.90 Å². The van der Waals surface area contributed by atoms with E-state index in [1.807, 2.05) is 12.1 Å². The molecule has 4 atom stereocenters. The summed E-state index contributed by atoms with van der Waals surface area (Å²) in [4.78, 5) is 26.6. The van der Waals surface area contributed by atoms with Crippen LogP contribution in [0.4, 0.5) is 5.69 Å². The topological polar surface area (TPSA) is 66.8 Å². The summed E-state index contributed by atoms with van der Waals surface area (Å²) in [5.74, 6) is -1.67. The summed E-state index contributed by atoms with van der Waals surface area (Å²) in [6.07, 6.45) is 3.09. The fraction of sp³-hybridized carbons (Fsp3) is 0.333. The van der Waals surface area contributed by atoms with Gasteiger partial charge in [-0.2, -0.15) is 0 Å². The molecule has 2 bridgehead atoms. The number of carbonyl (C=O) groups is 2. The Hall–Kier alpha value is -1.25. The molecule has 0 aromatic heterocycles. The number of hydrogen-bond acceptors (Lipinski definition) is 4. The fourth-order valence-corrected chi connectivity index (χ4v) is 4.08. The van der Waals surface area contributed by atoms with Crippen molar-refractivity contribution in [3.63, 3.8) is 0 Å². The lowest BCUT2D eigenvalue weighted by Gasteiger charge is -2.26. The van der Waals surface area contributed by atoms with Gasteiger partial charge in [-0.15, -0.1) is 0 Å². The van der Waals surface area contributed by atoms with Crippen LogP contribution in [0.5, 0.6) is 0 Å². The number of aliphatic hydroxyl groups is 1.